The smallest absolute Gasteiger partial charge is 0.221 e. The molecule has 0 bridgehead atoms. The zero-order chi connectivity index (χ0) is 10.8. The van der Waals surface area contributed by atoms with Crippen molar-refractivity contribution in [3.05, 3.63) is 0 Å². The van der Waals surface area contributed by atoms with E-state index in [4.69, 9.17) is 16.2 Å². The fraction of sp³-hybridized carbons (Fsp3) is 0.750. The Morgan fingerprint density at radius 3 is 2.64 bits per heavy atom. The first-order chi connectivity index (χ1) is 6.70. The molecule has 0 radical (unpaired) electrons. The topological polar surface area (TPSA) is 98.0 Å². The number of aliphatic imine (C=N–C) groups is 2. The van der Waals surface area contributed by atoms with Crippen molar-refractivity contribution in [3.8, 4) is 0 Å². The number of rotatable bonds is 5. The summed E-state index contributed by atoms with van der Waals surface area (Å²) >= 11 is 0. The van der Waals surface area contributed by atoms with E-state index in [0.29, 0.717) is 19.1 Å². The van der Waals surface area contributed by atoms with Crippen molar-refractivity contribution in [1.29, 1.82) is 0 Å². The molecule has 0 spiro atoms. The molecule has 5 N–H and O–H groups in total. The third kappa shape index (κ3) is 7.35. The molecule has 0 aliphatic rings. The summed E-state index contributed by atoms with van der Waals surface area (Å²) in [5, 5.41) is 2.95. The molecule has 6 heteroatoms. The van der Waals surface area contributed by atoms with Crippen LogP contribution in [-0.2, 0) is 4.74 Å². The first-order valence-electron chi connectivity index (χ1n) is 4.57. The molecular weight excluding hydrogens is 182 g/mol. The summed E-state index contributed by atoms with van der Waals surface area (Å²) in [7, 11) is 1.66. The van der Waals surface area contributed by atoms with Crippen molar-refractivity contribution in [1.82, 2.24) is 5.32 Å². The Kier molecular flexibility index (Phi) is 7.53. The first-order valence-corrected chi connectivity index (χ1v) is 4.57. The van der Waals surface area contributed by atoms with Gasteiger partial charge in [0.2, 0.25) is 5.96 Å². The lowest BCUT2D eigenvalue weighted by Crippen LogP contribution is -2.29. The maximum atomic E-state index is 5.24. The van der Waals surface area contributed by atoms with Crippen LogP contribution in [0.25, 0.3) is 0 Å². The average molecular weight is 201 g/mol. The highest BCUT2D eigenvalue weighted by molar-refractivity contribution is 5.93. The molecule has 82 valence electrons. The molecule has 0 amide bonds. The zero-order valence-corrected chi connectivity index (χ0v) is 8.79. The van der Waals surface area contributed by atoms with Gasteiger partial charge in [0, 0.05) is 26.8 Å². The fourth-order valence-electron chi connectivity index (χ4n) is 0.805. The van der Waals surface area contributed by atoms with Crippen molar-refractivity contribution in [3.63, 3.8) is 0 Å². The molecule has 0 heterocycles. The van der Waals surface area contributed by atoms with Gasteiger partial charge in [-0.2, -0.15) is 4.99 Å². The van der Waals surface area contributed by atoms with Crippen molar-refractivity contribution in [2.24, 2.45) is 21.5 Å². The van der Waals surface area contributed by atoms with Gasteiger partial charge in [-0.25, -0.2) is 0 Å². The molecule has 0 saturated heterocycles. The van der Waals surface area contributed by atoms with Gasteiger partial charge in [0.25, 0.3) is 0 Å². The summed E-state index contributed by atoms with van der Waals surface area (Å²) in [6.07, 6.45) is 0.853. The second kappa shape index (κ2) is 8.31. The third-order valence-electron chi connectivity index (χ3n) is 1.34. The van der Waals surface area contributed by atoms with E-state index in [1.165, 1.54) is 0 Å². The normalized spacial score (nSPS) is 11.1. The van der Waals surface area contributed by atoms with Gasteiger partial charge in [-0.15, -0.1) is 0 Å². The highest BCUT2D eigenvalue weighted by Crippen LogP contribution is 1.84. The maximum absolute atomic E-state index is 5.24. The highest BCUT2D eigenvalue weighted by Gasteiger charge is 1.93. The summed E-state index contributed by atoms with van der Waals surface area (Å²) in [5.74, 6) is 0.486. The number of guanidine groups is 2. The van der Waals surface area contributed by atoms with E-state index < -0.39 is 0 Å². The fourth-order valence-corrected chi connectivity index (χ4v) is 0.805. The van der Waals surface area contributed by atoms with Gasteiger partial charge in [0.05, 0.1) is 0 Å². The highest BCUT2D eigenvalue weighted by atomic mass is 16.5. The SMILES string of the molecule is CCNC(N=C(N)N)=NCCCOC. The molecule has 0 atom stereocenters. The van der Waals surface area contributed by atoms with Crippen LogP contribution in [0.15, 0.2) is 9.98 Å². The minimum absolute atomic E-state index is 0.0106. The number of methoxy groups -OCH3 is 1. The van der Waals surface area contributed by atoms with Crippen LogP contribution in [0.5, 0.6) is 0 Å². The van der Waals surface area contributed by atoms with Gasteiger partial charge in [-0.05, 0) is 13.3 Å². The van der Waals surface area contributed by atoms with Gasteiger partial charge >= 0.3 is 0 Å². The van der Waals surface area contributed by atoms with Gasteiger partial charge in [0.15, 0.2) is 5.96 Å². The van der Waals surface area contributed by atoms with E-state index in [1.807, 2.05) is 6.92 Å². The van der Waals surface area contributed by atoms with Crippen LogP contribution in [0.3, 0.4) is 0 Å². The molecule has 0 rings (SSSR count). The molecule has 0 aliphatic carbocycles. The molecule has 14 heavy (non-hydrogen) atoms. The Morgan fingerprint density at radius 2 is 2.14 bits per heavy atom. The number of ether oxygens (including phenoxy) is 1. The number of nitrogens with zero attached hydrogens (tertiary/aromatic N) is 2. The Hall–Kier alpha value is -1.30. The van der Waals surface area contributed by atoms with Gasteiger partial charge < -0.3 is 21.5 Å². The van der Waals surface area contributed by atoms with Crippen molar-refractivity contribution >= 4 is 11.9 Å². The van der Waals surface area contributed by atoms with Crippen LogP contribution in [0, 0.1) is 0 Å². The zero-order valence-electron chi connectivity index (χ0n) is 8.79. The minimum atomic E-state index is 0.0106. The lowest BCUT2D eigenvalue weighted by Gasteiger charge is -2.02. The van der Waals surface area contributed by atoms with Gasteiger partial charge in [0.1, 0.15) is 0 Å². The summed E-state index contributed by atoms with van der Waals surface area (Å²) in [6, 6.07) is 0. The van der Waals surface area contributed by atoms with Crippen LogP contribution in [-0.4, -0.2) is 38.7 Å². The molecule has 0 aliphatic heterocycles. The quantitative estimate of drug-likeness (QED) is 0.310. The maximum Gasteiger partial charge on any atom is 0.221 e. The Morgan fingerprint density at radius 1 is 1.43 bits per heavy atom. The summed E-state index contributed by atoms with van der Waals surface area (Å²) in [4.78, 5) is 8.00. The van der Waals surface area contributed by atoms with E-state index >= 15 is 0 Å². The monoisotopic (exact) mass is 201 g/mol. The molecule has 0 aromatic rings. The largest absolute Gasteiger partial charge is 0.385 e. The predicted molar refractivity (Wildman–Crippen MR) is 58.3 cm³/mol. The van der Waals surface area contributed by atoms with Crippen molar-refractivity contribution in [2.75, 3.05) is 26.8 Å². The number of nitrogens with one attached hydrogen (secondary N) is 1. The van der Waals surface area contributed by atoms with E-state index in [0.717, 1.165) is 13.0 Å². The van der Waals surface area contributed by atoms with Gasteiger partial charge in [-0.3, -0.25) is 4.99 Å². The van der Waals surface area contributed by atoms with Crippen LogP contribution in [0.1, 0.15) is 13.3 Å². The summed E-state index contributed by atoms with van der Waals surface area (Å²) < 4.78 is 4.89. The molecule has 6 nitrogen and oxygen atoms in total. The lowest BCUT2D eigenvalue weighted by molar-refractivity contribution is 0.197. The van der Waals surface area contributed by atoms with Crippen LogP contribution in [0.2, 0.25) is 0 Å². The van der Waals surface area contributed by atoms with E-state index in [-0.39, 0.29) is 5.96 Å². The molecule has 0 saturated carbocycles. The third-order valence-corrected chi connectivity index (χ3v) is 1.34. The number of hydrogen-bond acceptors (Lipinski definition) is 2. The second-order valence-corrected chi connectivity index (χ2v) is 2.62. The van der Waals surface area contributed by atoms with Crippen LogP contribution < -0.4 is 16.8 Å². The first kappa shape index (κ1) is 12.7. The Labute approximate surface area is 84.4 Å². The van der Waals surface area contributed by atoms with Crippen molar-refractivity contribution in [2.45, 2.75) is 13.3 Å². The van der Waals surface area contributed by atoms with E-state index in [1.54, 1.807) is 7.11 Å². The molecule has 0 unspecified atom stereocenters. The van der Waals surface area contributed by atoms with Crippen LogP contribution in [0.4, 0.5) is 0 Å². The van der Waals surface area contributed by atoms with Gasteiger partial charge in [-0.1, -0.05) is 0 Å². The average Bonchev–Trinajstić information content (AvgIpc) is 2.12. The molecular formula is C8H19N5O. The number of nitrogens with two attached hydrogens (primary N) is 2. The van der Waals surface area contributed by atoms with Crippen molar-refractivity contribution < 1.29 is 4.74 Å². The van der Waals surface area contributed by atoms with Crippen LogP contribution >= 0.6 is 0 Å². The molecule has 0 aromatic carbocycles. The van der Waals surface area contributed by atoms with E-state index in [9.17, 15) is 0 Å². The Bertz CT molecular complexity index is 198. The number of hydrogen-bond donors (Lipinski definition) is 3. The Balaban J connectivity index is 3.98. The summed E-state index contributed by atoms with van der Waals surface area (Å²) in [6.45, 7) is 4.02. The predicted octanol–water partition coefficient (Wildman–Crippen LogP) is -0.738. The standard InChI is InChI=1S/C8H19N5O/c1-3-11-8(13-7(9)10)12-5-4-6-14-2/h3-6H2,1-2H3,(H5,9,10,11,12,13). The minimum Gasteiger partial charge on any atom is -0.385 e. The molecule has 0 fully saturated rings. The summed E-state index contributed by atoms with van der Waals surface area (Å²) in [5.41, 5.74) is 10.5. The lowest BCUT2D eigenvalue weighted by atomic mass is 10.5. The molecule has 0 aromatic heterocycles. The van der Waals surface area contributed by atoms with E-state index in [2.05, 4.69) is 15.3 Å². The second-order valence-electron chi connectivity index (χ2n) is 2.62.